The quantitative estimate of drug-likeness (QED) is 0.517. The molecule has 3 aliphatic rings. The van der Waals surface area contributed by atoms with Gasteiger partial charge in [0.05, 0.1) is 0 Å². The predicted molar refractivity (Wildman–Crippen MR) is 40.9 cm³/mol. The molecule has 64 valence electrons. The topological polar surface area (TPSA) is 43.7 Å². The zero-order valence-electron chi connectivity index (χ0n) is 6.66. The van der Waals surface area contributed by atoms with Crippen LogP contribution in [0.1, 0.15) is 19.3 Å². The molecule has 0 unspecified atom stereocenters. The van der Waals surface area contributed by atoms with Crippen molar-refractivity contribution in [3.8, 4) is 0 Å². The van der Waals surface area contributed by atoms with E-state index < -0.39 is 6.29 Å². The van der Waals surface area contributed by atoms with Crippen molar-refractivity contribution in [3.63, 3.8) is 0 Å². The Hall–Kier alpha value is -0.120. The Labute approximate surface area is 66.6 Å². The fourth-order valence-electron chi connectivity index (χ4n) is 2.24. The van der Waals surface area contributed by atoms with Gasteiger partial charge in [-0.2, -0.15) is 0 Å². The highest BCUT2D eigenvalue weighted by molar-refractivity contribution is 4.93. The van der Waals surface area contributed by atoms with Crippen LogP contribution in [-0.2, 0) is 0 Å². The minimum atomic E-state index is -1.09. The van der Waals surface area contributed by atoms with Crippen LogP contribution in [0.15, 0.2) is 0 Å². The molecule has 0 saturated carbocycles. The molecule has 3 nitrogen and oxygen atoms in total. The number of fused-ring (bicyclic) bond motifs is 3. The zero-order chi connectivity index (χ0) is 7.90. The molecule has 0 radical (unpaired) electrons. The minimum absolute atomic E-state index is 0.144. The lowest BCUT2D eigenvalue weighted by Crippen LogP contribution is -2.53. The summed E-state index contributed by atoms with van der Waals surface area (Å²) in [6.07, 6.45) is 1.80. The maximum absolute atomic E-state index is 9.19. The van der Waals surface area contributed by atoms with Gasteiger partial charge in [-0.1, -0.05) is 0 Å². The molecule has 11 heavy (non-hydrogen) atoms. The van der Waals surface area contributed by atoms with Crippen molar-refractivity contribution in [2.45, 2.75) is 25.6 Å². The zero-order valence-corrected chi connectivity index (χ0v) is 6.66. The van der Waals surface area contributed by atoms with E-state index in [0.717, 1.165) is 38.9 Å². The standard InChI is InChI=1S/C8H15NO2/c10-7(11)8-1-4-9(5-2-8)6-3-8/h7,10-11H,1-6H2. The van der Waals surface area contributed by atoms with Gasteiger partial charge in [-0.25, -0.2) is 0 Å². The molecule has 3 heterocycles. The van der Waals surface area contributed by atoms with Gasteiger partial charge >= 0.3 is 0 Å². The molecule has 3 saturated heterocycles. The Morgan fingerprint density at radius 2 is 1.45 bits per heavy atom. The van der Waals surface area contributed by atoms with E-state index in [2.05, 4.69) is 4.90 Å². The molecule has 3 heteroatoms. The summed E-state index contributed by atoms with van der Waals surface area (Å²) in [7, 11) is 0. The van der Waals surface area contributed by atoms with Crippen LogP contribution in [0.2, 0.25) is 0 Å². The Morgan fingerprint density at radius 3 is 1.73 bits per heavy atom. The number of aliphatic hydroxyl groups excluding tert-OH is 1. The molecule has 0 spiro atoms. The SMILES string of the molecule is OC(O)C12CCN(CC1)CC2. The normalized spacial score (nSPS) is 43.4. The molecule has 2 bridgehead atoms. The van der Waals surface area contributed by atoms with Gasteiger partial charge < -0.3 is 15.1 Å². The van der Waals surface area contributed by atoms with Crippen molar-refractivity contribution in [2.75, 3.05) is 19.6 Å². The van der Waals surface area contributed by atoms with E-state index in [4.69, 9.17) is 0 Å². The Bertz CT molecular complexity index is 136. The third-order valence-electron chi connectivity index (χ3n) is 3.33. The molecule has 2 N–H and O–H groups in total. The van der Waals surface area contributed by atoms with Crippen molar-refractivity contribution in [3.05, 3.63) is 0 Å². The van der Waals surface area contributed by atoms with Gasteiger partial charge in [-0.05, 0) is 38.9 Å². The number of nitrogens with zero attached hydrogens (tertiary/aromatic N) is 1. The average Bonchev–Trinajstić information content (AvgIpc) is 2.08. The molecule has 0 aromatic heterocycles. The van der Waals surface area contributed by atoms with E-state index >= 15 is 0 Å². The van der Waals surface area contributed by atoms with Crippen molar-refractivity contribution in [2.24, 2.45) is 5.41 Å². The van der Waals surface area contributed by atoms with E-state index in [0.29, 0.717) is 0 Å². The van der Waals surface area contributed by atoms with Crippen molar-refractivity contribution in [1.82, 2.24) is 4.90 Å². The first-order chi connectivity index (χ1) is 5.23. The van der Waals surface area contributed by atoms with Crippen LogP contribution in [0.4, 0.5) is 0 Å². The molecule has 0 aliphatic carbocycles. The predicted octanol–water partition coefficient (Wildman–Crippen LogP) is -0.217. The van der Waals surface area contributed by atoms with Gasteiger partial charge in [0.15, 0.2) is 6.29 Å². The number of rotatable bonds is 1. The van der Waals surface area contributed by atoms with Crippen molar-refractivity contribution >= 4 is 0 Å². The highest BCUT2D eigenvalue weighted by Crippen LogP contribution is 2.41. The van der Waals surface area contributed by atoms with E-state index in [9.17, 15) is 10.2 Å². The van der Waals surface area contributed by atoms with Gasteiger partial charge in [0.1, 0.15) is 0 Å². The number of piperidine rings is 3. The molecular weight excluding hydrogens is 142 g/mol. The largest absolute Gasteiger partial charge is 0.368 e. The highest BCUT2D eigenvalue weighted by Gasteiger charge is 2.43. The summed E-state index contributed by atoms with van der Waals surface area (Å²) in [5.41, 5.74) is -0.144. The summed E-state index contributed by atoms with van der Waals surface area (Å²) in [6, 6.07) is 0. The third kappa shape index (κ3) is 1.08. The van der Waals surface area contributed by atoms with Gasteiger partial charge in [-0.15, -0.1) is 0 Å². The van der Waals surface area contributed by atoms with Gasteiger partial charge in [-0.3, -0.25) is 0 Å². The number of hydrogen-bond donors (Lipinski definition) is 2. The molecule has 0 aromatic carbocycles. The number of hydrogen-bond acceptors (Lipinski definition) is 3. The minimum Gasteiger partial charge on any atom is -0.368 e. The smallest absolute Gasteiger partial charge is 0.157 e. The maximum atomic E-state index is 9.19. The van der Waals surface area contributed by atoms with Crippen LogP contribution in [0.5, 0.6) is 0 Å². The van der Waals surface area contributed by atoms with Crippen molar-refractivity contribution in [1.29, 1.82) is 0 Å². The second kappa shape index (κ2) is 2.44. The fraction of sp³-hybridized carbons (Fsp3) is 1.00. The van der Waals surface area contributed by atoms with Crippen molar-refractivity contribution < 1.29 is 10.2 Å². The maximum Gasteiger partial charge on any atom is 0.157 e. The third-order valence-corrected chi connectivity index (χ3v) is 3.33. The fourth-order valence-corrected chi connectivity index (χ4v) is 2.24. The first-order valence-electron chi connectivity index (χ1n) is 4.31. The molecule has 0 amide bonds. The van der Waals surface area contributed by atoms with E-state index in [1.54, 1.807) is 0 Å². The average molecular weight is 157 g/mol. The highest BCUT2D eigenvalue weighted by atomic mass is 16.5. The Morgan fingerprint density at radius 1 is 1.00 bits per heavy atom. The van der Waals surface area contributed by atoms with Gasteiger partial charge in [0.25, 0.3) is 0 Å². The lowest BCUT2D eigenvalue weighted by Gasteiger charge is -2.49. The van der Waals surface area contributed by atoms with Crippen LogP contribution in [-0.4, -0.2) is 41.0 Å². The summed E-state index contributed by atoms with van der Waals surface area (Å²) in [5, 5.41) is 18.4. The summed E-state index contributed by atoms with van der Waals surface area (Å²) in [5.74, 6) is 0. The molecule has 3 fully saturated rings. The molecule has 3 aliphatic heterocycles. The molecule has 3 rings (SSSR count). The van der Waals surface area contributed by atoms with Gasteiger partial charge in [0, 0.05) is 5.41 Å². The molecule has 0 aromatic rings. The summed E-state index contributed by atoms with van der Waals surface area (Å²) in [4.78, 5) is 2.39. The van der Waals surface area contributed by atoms with E-state index in [-0.39, 0.29) is 5.41 Å². The van der Waals surface area contributed by atoms with Crippen LogP contribution < -0.4 is 0 Å². The molecule has 0 atom stereocenters. The van der Waals surface area contributed by atoms with Crippen LogP contribution in [0.3, 0.4) is 0 Å². The van der Waals surface area contributed by atoms with E-state index in [1.807, 2.05) is 0 Å². The Kier molecular flexibility index (Phi) is 1.67. The summed E-state index contributed by atoms with van der Waals surface area (Å²) >= 11 is 0. The second-order valence-electron chi connectivity index (χ2n) is 3.83. The van der Waals surface area contributed by atoms with Crippen LogP contribution >= 0.6 is 0 Å². The Balaban J connectivity index is 2.12. The monoisotopic (exact) mass is 157 g/mol. The lowest BCUT2D eigenvalue weighted by molar-refractivity contribution is -0.176. The summed E-state index contributed by atoms with van der Waals surface area (Å²) < 4.78 is 0. The summed E-state index contributed by atoms with van der Waals surface area (Å²) in [6.45, 7) is 3.16. The van der Waals surface area contributed by atoms with Crippen LogP contribution in [0, 0.1) is 5.41 Å². The lowest BCUT2D eigenvalue weighted by atomic mass is 9.71. The van der Waals surface area contributed by atoms with E-state index in [1.165, 1.54) is 0 Å². The first kappa shape index (κ1) is 7.53. The molecular formula is C8H15NO2. The van der Waals surface area contributed by atoms with Gasteiger partial charge in [0.2, 0.25) is 0 Å². The van der Waals surface area contributed by atoms with Crippen LogP contribution in [0.25, 0.3) is 0 Å². The second-order valence-corrected chi connectivity index (χ2v) is 3.83. The number of aliphatic hydroxyl groups is 2. The first-order valence-corrected chi connectivity index (χ1v) is 4.31.